The molecule has 29 heavy (non-hydrogen) atoms. The van der Waals surface area contributed by atoms with E-state index in [1.54, 1.807) is 12.4 Å². The highest BCUT2D eigenvalue weighted by molar-refractivity contribution is 5.87. The first kappa shape index (κ1) is 20.3. The Hall–Kier alpha value is -1.99. The van der Waals surface area contributed by atoms with Crippen LogP contribution in [-0.2, 0) is 16.0 Å². The van der Waals surface area contributed by atoms with Crippen molar-refractivity contribution in [2.45, 2.75) is 81.5 Å². The second kappa shape index (κ2) is 8.79. The van der Waals surface area contributed by atoms with Crippen LogP contribution < -0.4 is 10.6 Å². The first-order chi connectivity index (χ1) is 14.0. The van der Waals surface area contributed by atoms with E-state index in [4.69, 9.17) is 0 Å². The van der Waals surface area contributed by atoms with Crippen molar-refractivity contribution in [2.75, 3.05) is 13.1 Å². The molecular weight excluding hydrogens is 368 g/mol. The number of pyridine rings is 1. The first-order valence-electron chi connectivity index (χ1n) is 11.0. The molecule has 158 valence electrons. The van der Waals surface area contributed by atoms with Crippen molar-refractivity contribution >= 4 is 11.8 Å². The van der Waals surface area contributed by atoms with Gasteiger partial charge in [-0.2, -0.15) is 0 Å². The van der Waals surface area contributed by atoms with Crippen molar-refractivity contribution in [1.82, 2.24) is 20.5 Å². The first-order valence-corrected chi connectivity index (χ1v) is 11.0. The molecule has 1 aromatic heterocycles. The molecule has 2 aliphatic heterocycles. The van der Waals surface area contributed by atoms with Crippen LogP contribution in [0.1, 0.15) is 56.9 Å². The monoisotopic (exact) mass is 400 g/mol. The molecule has 3 aliphatic rings. The third kappa shape index (κ3) is 4.61. The quantitative estimate of drug-likeness (QED) is 0.689. The van der Waals surface area contributed by atoms with Crippen LogP contribution >= 0.6 is 0 Å². The zero-order valence-corrected chi connectivity index (χ0v) is 17.0. The Labute approximate surface area is 172 Å². The number of piperidine rings is 1. The lowest BCUT2D eigenvalue weighted by Crippen LogP contribution is -2.59. The van der Waals surface area contributed by atoms with Crippen LogP contribution in [0.25, 0.3) is 0 Å². The number of aliphatic hydroxyl groups excluding tert-OH is 1. The Morgan fingerprint density at radius 2 is 2.00 bits per heavy atom. The minimum absolute atomic E-state index is 0.00352. The van der Waals surface area contributed by atoms with E-state index in [9.17, 15) is 14.7 Å². The third-order valence-electron chi connectivity index (χ3n) is 6.81. The largest absolute Gasteiger partial charge is 0.393 e. The number of aliphatic hydroxyl groups is 1. The van der Waals surface area contributed by atoms with E-state index in [0.717, 1.165) is 63.6 Å². The molecule has 0 aromatic carbocycles. The average Bonchev–Trinajstić information content (AvgIpc) is 3.09. The number of nitrogens with zero attached hydrogens (tertiary/aromatic N) is 2. The summed E-state index contributed by atoms with van der Waals surface area (Å²) in [5, 5.41) is 16.1. The Kier molecular flexibility index (Phi) is 6.15. The maximum absolute atomic E-state index is 13.3. The van der Waals surface area contributed by atoms with Crippen LogP contribution in [0.3, 0.4) is 0 Å². The van der Waals surface area contributed by atoms with Gasteiger partial charge in [0.2, 0.25) is 11.8 Å². The molecule has 7 heteroatoms. The fourth-order valence-corrected chi connectivity index (χ4v) is 5.28. The lowest BCUT2D eigenvalue weighted by Gasteiger charge is -2.42. The van der Waals surface area contributed by atoms with E-state index >= 15 is 0 Å². The van der Waals surface area contributed by atoms with Gasteiger partial charge in [-0.15, -0.1) is 0 Å². The Balaban J connectivity index is 1.38. The van der Waals surface area contributed by atoms with Crippen molar-refractivity contribution in [3.63, 3.8) is 0 Å². The number of aromatic nitrogens is 1. The van der Waals surface area contributed by atoms with Crippen LogP contribution in [0.2, 0.25) is 0 Å². The highest BCUT2D eigenvalue weighted by Gasteiger charge is 2.52. The number of amides is 2. The molecule has 1 aliphatic carbocycles. The molecule has 0 spiro atoms. The second-order valence-electron chi connectivity index (χ2n) is 8.92. The summed E-state index contributed by atoms with van der Waals surface area (Å²) in [6.45, 7) is 1.64. The van der Waals surface area contributed by atoms with Crippen molar-refractivity contribution in [1.29, 1.82) is 0 Å². The van der Waals surface area contributed by atoms with E-state index < -0.39 is 5.54 Å². The van der Waals surface area contributed by atoms with E-state index in [-0.39, 0.29) is 30.0 Å². The third-order valence-corrected chi connectivity index (χ3v) is 6.81. The SMILES string of the molecule is O=C(Cc1cccnc1)N[C@@H]1CN2CCCC[C@@]2(C(=O)NC2CCC(O)CC2)C1. The number of rotatable bonds is 5. The lowest BCUT2D eigenvalue weighted by atomic mass is 9.83. The summed E-state index contributed by atoms with van der Waals surface area (Å²) in [6, 6.07) is 3.89. The molecular formula is C22H32N4O3. The number of hydrogen-bond acceptors (Lipinski definition) is 5. The molecule has 2 atom stereocenters. The zero-order valence-electron chi connectivity index (χ0n) is 17.0. The fraction of sp³-hybridized carbons (Fsp3) is 0.682. The molecule has 7 nitrogen and oxygen atoms in total. The van der Waals surface area contributed by atoms with Gasteiger partial charge in [0.15, 0.2) is 0 Å². The van der Waals surface area contributed by atoms with Gasteiger partial charge in [-0.3, -0.25) is 19.5 Å². The van der Waals surface area contributed by atoms with Gasteiger partial charge in [0.05, 0.1) is 12.5 Å². The van der Waals surface area contributed by atoms with Gasteiger partial charge in [-0.1, -0.05) is 6.07 Å². The molecule has 3 N–H and O–H groups in total. The second-order valence-corrected chi connectivity index (χ2v) is 8.92. The van der Waals surface area contributed by atoms with Crippen molar-refractivity contribution in [3.05, 3.63) is 30.1 Å². The molecule has 4 rings (SSSR count). The summed E-state index contributed by atoms with van der Waals surface area (Å²) in [4.78, 5) is 32.2. The Bertz CT molecular complexity index is 720. The summed E-state index contributed by atoms with van der Waals surface area (Å²) in [5.74, 6) is 0.0993. The molecule has 3 heterocycles. The number of nitrogens with one attached hydrogen (secondary N) is 2. The number of fused-ring (bicyclic) bond motifs is 1. The minimum atomic E-state index is -0.499. The zero-order chi connectivity index (χ0) is 20.3. The lowest BCUT2D eigenvalue weighted by molar-refractivity contribution is -0.135. The maximum Gasteiger partial charge on any atom is 0.240 e. The summed E-state index contributed by atoms with van der Waals surface area (Å²) in [7, 11) is 0. The minimum Gasteiger partial charge on any atom is -0.393 e. The summed E-state index contributed by atoms with van der Waals surface area (Å²) < 4.78 is 0. The van der Waals surface area contributed by atoms with Gasteiger partial charge in [-0.05, 0) is 69.5 Å². The van der Waals surface area contributed by atoms with Crippen molar-refractivity contribution in [3.8, 4) is 0 Å². The number of carbonyl (C=O) groups excluding carboxylic acids is 2. The molecule has 0 unspecified atom stereocenters. The van der Waals surface area contributed by atoms with Crippen LogP contribution in [-0.4, -0.2) is 63.6 Å². The maximum atomic E-state index is 13.3. The average molecular weight is 401 g/mol. The number of hydrogen-bond donors (Lipinski definition) is 3. The Morgan fingerprint density at radius 3 is 2.76 bits per heavy atom. The van der Waals surface area contributed by atoms with Gasteiger partial charge in [0.1, 0.15) is 5.54 Å². The molecule has 1 aromatic rings. The Morgan fingerprint density at radius 1 is 1.17 bits per heavy atom. The molecule has 2 amide bonds. The standard InChI is InChI=1S/C22H32N4O3/c27-19-7-5-17(6-8-19)25-21(29)22-9-1-2-11-26(22)15-18(13-22)24-20(28)12-16-4-3-10-23-14-16/h3-4,10,14,17-19,27H,1-2,5-9,11-13,15H2,(H,24,28)(H,25,29)/t17?,18-,19?,22-/m0/s1. The van der Waals surface area contributed by atoms with Gasteiger partial charge in [0, 0.05) is 31.0 Å². The number of carbonyl (C=O) groups is 2. The highest BCUT2D eigenvalue weighted by Crippen LogP contribution is 2.38. The molecule has 1 saturated carbocycles. The summed E-state index contributed by atoms with van der Waals surface area (Å²) in [6.07, 6.45) is 10.4. The van der Waals surface area contributed by atoms with Crippen molar-refractivity contribution in [2.24, 2.45) is 0 Å². The van der Waals surface area contributed by atoms with Gasteiger partial charge in [0.25, 0.3) is 0 Å². The molecule has 0 radical (unpaired) electrons. The predicted molar refractivity (Wildman–Crippen MR) is 109 cm³/mol. The van der Waals surface area contributed by atoms with Crippen molar-refractivity contribution < 1.29 is 14.7 Å². The van der Waals surface area contributed by atoms with Gasteiger partial charge in [-0.25, -0.2) is 0 Å². The van der Waals surface area contributed by atoms with E-state index in [0.29, 0.717) is 12.8 Å². The van der Waals surface area contributed by atoms with E-state index in [2.05, 4.69) is 20.5 Å². The van der Waals surface area contributed by atoms with Crippen LogP contribution in [0.5, 0.6) is 0 Å². The highest BCUT2D eigenvalue weighted by atomic mass is 16.3. The van der Waals surface area contributed by atoms with Crippen LogP contribution in [0.15, 0.2) is 24.5 Å². The molecule has 3 fully saturated rings. The molecule has 2 saturated heterocycles. The van der Waals surface area contributed by atoms with E-state index in [1.165, 1.54) is 0 Å². The van der Waals surface area contributed by atoms with Gasteiger partial charge < -0.3 is 15.7 Å². The smallest absolute Gasteiger partial charge is 0.240 e. The van der Waals surface area contributed by atoms with Gasteiger partial charge >= 0.3 is 0 Å². The summed E-state index contributed by atoms with van der Waals surface area (Å²) in [5.41, 5.74) is 0.397. The predicted octanol–water partition coefficient (Wildman–Crippen LogP) is 1.16. The van der Waals surface area contributed by atoms with Crippen LogP contribution in [0.4, 0.5) is 0 Å². The molecule has 0 bridgehead atoms. The van der Waals surface area contributed by atoms with E-state index in [1.807, 2.05) is 12.1 Å². The summed E-state index contributed by atoms with van der Waals surface area (Å²) >= 11 is 0. The topological polar surface area (TPSA) is 94.6 Å². The van der Waals surface area contributed by atoms with Crippen LogP contribution in [0, 0.1) is 0 Å². The fourth-order valence-electron chi connectivity index (χ4n) is 5.28. The normalized spacial score (nSPS) is 32.4.